The third-order valence-corrected chi connectivity index (χ3v) is 3.07. The maximum absolute atomic E-state index is 11.0. The van der Waals surface area contributed by atoms with Gasteiger partial charge in [0.2, 0.25) is 5.91 Å². The van der Waals surface area contributed by atoms with Crippen molar-refractivity contribution in [2.75, 3.05) is 40.9 Å². The first-order valence-electron chi connectivity index (χ1n) is 9.55. The number of hydrogen-bond donors (Lipinski definition) is 1. The second kappa shape index (κ2) is 20.3. The Morgan fingerprint density at radius 2 is 1.41 bits per heavy atom. The summed E-state index contributed by atoms with van der Waals surface area (Å²) in [6.45, 7) is 19.6. The SMILES string of the molecule is C=C(C)C(=O)NCCCN(C)C.C=C(C)C(=O)OC.C=C(C)C(=O)OCCCC. The molecule has 7 heteroatoms. The van der Waals surface area contributed by atoms with Crippen LogP contribution in [0.25, 0.3) is 0 Å². The van der Waals surface area contributed by atoms with Crippen LogP contribution in [0.5, 0.6) is 0 Å². The van der Waals surface area contributed by atoms with Crippen molar-refractivity contribution in [2.45, 2.75) is 47.0 Å². The van der Waals surface area contributed by atoms with Crippen molar-refractivity contribution < 1.29 is 23.9 Å². The summed E-state index contributed by atoms with van der Waals surface area (Å²) in [7, 11) is 5.36. The fourth-order valence-electron chi connectivity index (χ4n) is 1.35. The highest BCUT2D eigenvalue weighted by atomic mass is 16.5. The van der Waals surface area contributed by atoms with E-state index in [1.807, 2.05) is 14.1 Å². The molecule has 168 valence electrons. The van der Waals surface area contributed by atoms with Crippen molar-refractivity contribution in [3.05, 3.63) is 36.5 Å². The Kier molecular flexibility index (Phi) is 21.9. The van der Waals surface area contributed by atoms with E-state index in [9.17, 15) is 14.4 Å². The van der Waals surface area contributed by atoms with Crippen molar-refractivity contribution in [3.63, 3.8) is 0 Å². The van der Waals surface area contributed by atoms with Crippen molar-refractivity contribution >= 4 is 17.8 Å². The van der Waals surface area contributed by atoms with E-state index in [1.165, 1.54) is 7.11 Å². The van der Waals surface area contributed by atoms with Gasteiger partial charge in [-0.05, 0) is 54.3 Å². The fraction of sp³-hybridized carbons (Fsp3) is 0.591. The van der Waals surface area contributed by atoms with Gasteiger partial charge >= 0.3 is 11.9 Å². The van der Waals surface area contributed by atoms with E-state index in [-0.39, 0.29) is 17.8 Å². The predicted molar refractivity (Wildman–Crippen MR) is 119 cm³/mol. The molecule has 7 nitrogen and oxygen atoms in total. The highest BCUT2D eigenvalue weighted by Crippen LogP contribution is 1.94. The third kappa shape index (κ3) is 25.6. The molecule has 0 saturated carbocycles. The summed E-state index contributed by atoms with van der Waals surface area (Å²) in [5.41, 5.74) is 1.47. The largest absolute Gasteiger partial charge is 0.466 e. The summed E-state index contributed by atoms with van der Waals surface area (Å²) < 4.78 is 9.08. The number of nitrogens with zero attached hydrogens (tertiary/aromatic N) is 1. The minimum absolute atomic E-state index is 0.0474. The maximum Gasteiger partial charge on any atom is 0.333 e. The molecular formula is C22H40N2O5. The second-order valence-corrected chi connectivity index (χ2v) is 6.73. The highest BCUT2D eigenvalue weighted by Gasteiger charge is 2.00. The van der Waals surface area contributed by atoms with E-state index in [0.717, 1.165) is 32.4 Å². The van der Waals surface area contributed by atoms with E-state index in [2.05, 4.69) is 41.6 Å². The summed E-state index contributed by atoms with van der Waals surface area (Å²) in [6, 6.07) is 0. The topological polar surface area (TPSA) is 84.9 Å². The van der Waals surface area contributed by atoms with E-state index in [1.54, 1.807) is 20.8 Å². The molecule has 29 heavy (non-hydrogen) atoms. The lowest BCUT2D eigenvalue weighted by molar-refractivity contribution is -0.139. The van der Waals surface area contributed by atoms with Crippen LogP contribution in [0.15, 0.2) is 36.5 Å². The number of rotatable bonds is 10. The van der Waals surface area contributed by atoms with Gasteiger partial charge in [-0.1, -0.05) is 33.1 Å². The minimum atomic E-state index is -0.347. The van der Waals surface area contributed by atoms with Crippen molar-refractivity contribution in [3.8, 4) is 0 Å². The van der Waals surface area contributed by atoms with Crippen molar-refractivity contribution in [1.82, 2.24) is 10.2 Å². The lowest BCUT2D eigenvalue weighted by atomic mass is 10.3. The van der Waals surface area contributed by atoms with Crippen molar-refractivity contribution in [1.29, 1.82) is 0 Å². The predicted octanol–water partition coefficient (Wildman–Crippen LogP) is 3.27. The average Bonchev–Trinajstić information content (AvgIpc) is 2.64. The fourth-order valence-corrected chi connectivity index (χ4v) is 1.35. The first-order chi connectivity index (χ1) is 13.4. The van der Waals surface area contributed by atoms with Crippen LogP contribution in [0.2, 0.25) is 0 Å². The maximum atomic E-state index is 11.0. The van der Waals surface area contributed by atoms with Crippen LogP contribution >= 0.6 is 0 Å². The second-order valence-electron chi connectivity index (χ2n) is 6.73. The molecular weight excluding hydrogens is 372 g/mol. The van der Waals surface area contributed by atoms with Gasteiger partial charge in [-0.2, -0.15) is 0 Å². The van der Waals surface area contributed by atoms with E-state index < -0.39 is 0 Å². The molecule has 0 aromatic rings. The number of ether oxygens (including phenoxy) is 2. The number of nitrogens with one attached hydrogen (secondary N) is 1. The van der Waals surface area contributed by atoms with Gasteiger partial charge < -0.3 is 19.7 Å². The highest BCUT2D eigenvalue weighted by molar-refractivity contribution is 5.92. The zero-order valence-electron chi connectivity index (χ0n) is 19.4. The molecule has 0 aromatic heterocycles. The van der Waals surface area contributed by atoms with Gasteiger partial charge in [0.15, 0.2) is 0 Å². The van der Waals surface area contributed by atoms with Gasteiger partial charge in [0.25, 0.3) is 0 Å². The van der Waals surface area contributed by atoms with Gasteiger partial charge in [-0.15, -0.1) is 0 Å². The van der Waals surface area contributed by atoms with Crippen LogP contribution in [0, 0.1) is 0 Å². The molecule has 0 bridgehead atoms. The number of carbonyl (C=O) groups excluding carboxylic acids is 3. The van der Waals surface area contributed by atoms with Gasteiger partial charge in [0.05, 0.1) is 13.7 Å². The Morgan fingerprint density at radius 3 is 1.72 bits per heavy atom. The molecule has 0 radical (unpaired) electrons. The summed E-state index contributed by atoms with van der Waals surface area (Å²) in [5, 5.41) is 2.77. The average molecular weight is 413 g/mol. The molecule has 0 aromatic carbocycles. The Balaban J connectivity index is -0.000000362. The third-order valence-electron chi connectivity index (χ3n) is 3.07. The molecule has 0 heterocycles. The summed E-state index contributed by atoms with van der Waals surface area (Å²) in [5.74, 6) is -0.679. The van der Waals surface area contributed by atoms with Gasteiger partial charge in [-0.25, -0.2) is 9.59 Å². The Bertz CT molecular complexity index is 539. The molecule has 0 atom stereocenters. The molecule has 0 aliphatic rings. The van der Waals surface area contributed by atoms with Crippen LogP contribution in [-0.2, 0) is 23.9 Å². The molecule has 0 rings (SSSR count). The zero-order valence-corrected chi connectivity index (χ0v) is 19.4. The summed E-state index contributed by atoms with van der Waals surface area (Å²) in [6.07, 6.45) is 2.95. The van der Waals surface area contributed by atoms with E-state index >= 15 is 0 Å². The Hall–Kier alpha value is -2.41. The van der Waals surface area contributed by atoms with Crippen LogP contribution in [-0.4, -0.2) is 63.6 Å². The summed E-state index contributed by atoms with van der Waals surface area (Å²) >= 11 is 0. The van der Waals surface area contributed by atoms with Gasteiger partial charge in [0.1, 0.15) is 0 Å². The van der Waals surface area contributed by atoms with Crippen molar-refractivity contribution in [2.24, 2.45) is 0 Å². The van der Waals surface area contributed by atoms with Crippen LogP contribution in [0.3, 0.4) is 0 Å². The molecule has 1 N–H and O–H groups in total. The standard InChI is InChI=1S/C9H18N2O.C8H14O2.C5H8O2/c1-8(2)9(12)10-6-5-7-11(3)4;1-4-5-6-10-8(9)7(2)3;1-4(2)5(6)7-3/h1,5-7H2,2-4H3,(H,10,12);2,4-6H2,1,3H3;1H2,2-3H3. The molecule has 0 spiro atoms. The number of unbranched alkanes of at least 4 members (excludes halogenated alkanes) is 1. The quantitative estimate of drug-likeness (QED) is 0.337. The number of hydrogen-bond acceptors (Lipinski definition) is 6. The Labute approximate surface area is 176 Å². The molecule has 0 aliphatic carbocycles. The first-order valence-corrected chi connectivity index (χ1v) is 9.55. The monoisotopic (exact) mass is 412 g/mol. The minimum Gasteiger partial charge on any atom is -0.466 e. The van der Waals surface area contributed by atoms with Gasteiger partial charge in [-0.3, -0.25) is 4.79 Å². The lowest BCUT2D eigenvalue weighted by Crippen LogP contribution is -2.27. The molecule has 0 unspecified atom stereocenters. The van der Waals surface area contributed by atoms with Crippen LogP contribution < -0.4 is 5.32 Å². The number of esters is 2. The zero-order chi connectivity index (χ0) is 23.4. The smallest absolute Gasteiger partial charge is 0.333 e. The van der Waals surface area contributed by atoms with E-state index in [0.29, 0.717) is 23.3 Å². The molecule has 0 fully saturated rings. The Morgan fingerprint density at radius 1 is 0.897 bits per heavy atom. The normalized spacial score (nSPS) is 9.10. The van der Waals surface area contributed by atoms with Gasteiger partial charge in [0, 0.05) is 23.3 Å². The molecule has 0 aliphatic heterocycles. The summed E-state index contributed by atoms with van der Waals surface area (Å²) in [4.78, 5) is 33.9. The van der Waals surface area contributed by atoms with Crippen LogP contribution in [0.1, 0.15) is 47.0 Å². The number of carbonyl (C=O) groups is 3. The number of amides is 1. The van der Waals surface area contributed by atoms with E-state index in [4.69, 9.17) is 4.74 Å². The molecule has 1 amide bonds. The first kappa shape index (κ1) is 31.3. The lowest BCUT2D eigenvalue weighted by Gasteiger charge is -2.09. The van der Waals surface area contributed by atoms with Crippen LogP contribution in [0.4, 0.5) is 0 Å². The number of methoxy groups -OCH3 is 1. The molecule has 0 saturated heterocycles.